The monoisotopic (exact) mass is 623 g/mol. The predicted molar refractivity (Wildman–Crippen MR) is 181 cm³/mol. The second-order valence-electron chi connectivity index (χ2n) is 12.0. The molecule has 5 aromatic rings. The lowest BCUT2D eigenvalue weighted by Crippen LogP contribution is -2.33. The van der Waals surface area contributed by atoms with E-state index in [2.05, 4.69) is 72.8 Å². The van der Waals surface area contributed by atoms with E-state index in [0.717, 1.165) is 29.9 Å². The summed E-state index contributed by atoms with van der Waals surface area (Å²) >= 11 is 0. The van der Waals surface area contributed by atoms with Gasteiger partial charge in [0.1, 0.15) is 24.7 Å². The molecule has 2 atom stereocenters. The maximum absolute atomic E-state index is 12.5. The third-order valence-electron chi connectivity index (χ3n) is 9.13. The number of rotatable bonds is 12. The summed E-state index contributed by atoms with van der Waals surface area (Å²) in [5, 5.41) is 0. The van der Waals surface area contributed by atoms with E-state index < -0.39 is 0 Å². The van der Waals surface area contributed by atoms with Crippen LogP contribution in [0.2, 0.25) is 0 Å². The molecule has 6 heteroatoms. The third kappa shape index (κ3) is 6.69. The number of ether oxygens (including phenoxy) is 3. The number of nitrogens with zero attached hydrogens (tertiary/aromatic N) is 1. The number of carbonyl (C=O) groups excluding carboxylic acids is 2. The lowest BCUT2D eigenvalue weighted by Gasteiger charge is -2.35. The summed E-state index contributed by atoms with van der Waals surface area (Å²) in [5.41, 5.74) is 7.35. The van der Waals surface area contributed by atoms with Crippen LogP contribution >= 0.6 is 0 Å². The lowest BCUT2D eigenvalue weighted by molar-refractivity contribution is 0.0528. The van der Waals surface area contributed by atoms with Gasteiger partial charge < -0.3 is 14.2 Å². The van der Waals surface area contributed by atoms with Gasteiger partial charge in [-0.25, -0.2) is 0 Å². The SMILES string of the molecule is O=C1c2ccccc2C(=O)N1CCOCCOc1ccc(C2c3ccc(OCc4ccccc4)cc3CC[C@@H]2c2ccccc2)cc1. The fourth-order valence-electron chi connectivity index (χ4n) is 6.79. The number of amides is 2. The number of hydrogen-bond acceptors (Lipinski definition) is 5. The van der Waals surface area contributed by atoms with Crippen LogP contribution < -0.4 is 9.47 Å². The Kier molecular flexibility index (Phi) is 9.11. The van der Waals surface area contributed by atoms with E-state index in [0.29, 0.717) is 36.9 Å². The lowest BCUT2D eigenvalue weighted by atomic mass is 9.69. The number of fused-ring (bicyclic) bond motifs is 2. The molecule has 236 valence electrons. The molecular weight excluding hydrogens is 586 g/mol. The molecule has 1 unspecified atom stereocenters. The van der Waals surface area contributed by atoms with Crippen molar-refractivity contribution in [3.63, 3.8) is 0 Å². The molecule has 0 spiro atoms. The van der Waals surface area contributed by atoms with Crippen LogP contribution in [-0.2, 0) is 17.8 Å². The van der Waals surface area contributed by atoms with Crippen molar-refractivity contribution >= 4 is 11.8 Å². The first-order chi connectivity index (χ1) is 23.2. The first-order valence-electron chi connectivity index (χ1n) is 16.3. The van der Waals surface area contributed by atoms with Gasteiger partial charge in [-0.1, -0.05) is 91.0 Å². The van der Waals surface area contributed by atoms with Crippen LogP contribution in [0.25, 0.3) is 0 Å². The molecule has 0 saturated heterocycles. The zero-order valence-corrected chi connectivity index (χ0v) is 26.2. The summed E-state index contributed by atoms with van der Waals surface area (Å²) in [6.45, 7) is 1.74. The summed E-state index contributed by atoms with van der Waals surface area (Å²) in [6.07, 6.45) is 2.06. The maximum Gasteiger partial charge on any atom is 0.261 e. The molecular formula is C41H37NO5. The molecule has 0 radical (unpaired) electrons. The standard InChI is InChI=1S/C41H37NO5/c43-40-37-13-7-8-14-38(37)41(44)42(40)23-24-45-25-26-46-33-18-15-31(16-19-33)39-35(30-11-5-2-6-12-30)21-17-32-27-34(20-22-36(32)39)47-28-29-9-3-1-4-10-29/h1-16,18-20,22,27,35,39H,17,21,23-26,28H2/t35-,39?/m1/s1. The highest BCUT2D eigenvalue weighted by Crippen LogP contribution is 2.47. The molecule has 0 aromatic heterocycles. The smallest absolute Gasteiger partial charge is 0.261 e. The number of aryl methyl sites for hydroxylation is 1. The minimum absolute atomic E-state index is 0.212. The fourth-order valence-corrected chi connectivity index (χ4v) is 6.79. The molecule has 2 amide bonds. The second-order valence-corrected chi connectivity index (χ2v) is 12.0. The summed E-state index contributed by atoms with van der Waals surface area (Å²) in [7, 11) is 0. The molecule has 5 aromatic carbocycles. The molecule has 0 N–H and O–H groups in total. The van der Waals surface area contributed by atoms with Crippen LogP contribution in [0.5, 0.6) is 11.5 Å². The minimum Gasteiger partial charge on any atom is -0.491 e. The second kappa shape index (κ2) is 14.1. The van der Waals surface area contributed by atoms with Gasteiger partial charge in [0.15, 0.2) is 0 Å². The Morgan fingerprint density at radius 3 is 2.00 bits per heavy atom. The van der Waals surface area contributed by atoms with Gasteiger partial charge in [-0.3, -0.25) is 14.5 Å². The van der Waals surface area contributed by atoms with E-state index in [4.69, 9.17) is 14.2 Å². The Morgan fingerprint density at radius 1 is 0.617 bits per heavy atom. The highest BCUT2D eigenvalue weighted by Gasteiger charge is 2.35. The Balaban J connectivity index is 0.975. The third-order valence-corrected chi connectivity index (χ3v) is 9.13. The molecule has 0 saturated carbocycles. The molecule has 0 bridgehead atoms. The van der Waals surface area contributed by atoms with Crippen LogP contribution in [0.4, 0.5) is 0 Å². The average Bonchev–Trinajstić information content (AvgIpc) is 3.37. The van der Waals surface area contributed by atoms with Gasteiger partial charge in [0.25, 0.3) is 11.8 Å². The number of carbonyl (C=O) groups is 2. The van der Waals surface area contributed by atoms with Crippen molar-refractivity contribution in [2.24, 2.45) is 0 Å². The number of hydrogen-bond donors (Lipinski definition) is 0. The zero-order chi connectivity index (χ0) is 32.0. The van der Waals surface area contributed by atoms with Crippen LogP contribution in [0.1, 0.15) is 66.8 Å². The van der Waals surface area contributed by atoms with Gasteiger partial charge in [0.2, 0.25) is 0 Å². The Bertz CT molecular complexity index is 1800. The summed E-state index contributed by atoms with van der Waals surface area (Å²) in [6, 6.07) is 43.0. The quantitative estimate of drug-likeness (QED) is 0.105. The van der Waals surface area contributed by atoms with Crippen LogP contribution in [0.15, 0.2) is 127 Å². The molecule has 47 heavy (non-hydrogen) atoms. The van der Waals surface area contributed by atoms with Gasteiger partial charge in [-0.2, -0.15) is 0 Å². The van der Waals surface area contributed by atoms with Gasteiger partial charge in [-0.05, 0) is 83.0 Å². The molecule has 7 rings (SSSR count). The highest BCUT2D eigenvalue weighted by atomic mass is 16.5. The normalized spacial score (nSPS) is 16.9. The van der Waals surface area contributed by atoms with Crippen molar-refractivity contribution in [1.29, 1.82) is 0 Å². The molecule has 6 nitrogen and oxygen atoms in total. The van der Waals surface area contributed by atoms with Gasteiger partial charge in [-0.15, -0.1) is 0 Å². The highest BCUT2D eigenvalue weighted by molar-refractivity contribution is 6.21. The van der Waals surface area contributed by atoms with Crippen molar-refractivity contribution in [3.05, 3.63) is 166 Å². The van der Waals surface area contributed by atoms with Crippen molar-refractivity contribution in [2.75, 3.05) is 26.4 Å². The minimum atomic E-state index is -0.266. The zero-order valence-electron chi connectivity index (χ0n) is 26.2. The Morgan fingerprint density at radius 2 is 1.28 bits per heavy atom. The van der Waals surface area contributed by atoms with Crippen molar-refractivity contribution in [1.82, 2.24) is 4.90 Å². The van der Waals surface area contributed by atoms with E-state index >= 15 is 0 Å². The van der Waals surface area contributed by atoms with E-state index in [1.807, 2.05) is 30.3 Å². The van der Waals surface area contributed by atoms with Crippen molar-refractivity contribution < 1.29 is 23.8 Å². The van der Waals surface area contributed by atoms with Crippen LogP contribution in [0, 0.1) is 0 Å². The maximum atomic E-state index is 12.5. The van der Waals surface area contributed by atoms with E-state index in [-0.39, 0.29) is 30.9 Å². The van der Waals surface area contributed by atoms with E-state index in [1.165, 1.54) is 27.2 Å². The summed E-state index contributed by atoms with van der Waals surface area (Å²) < 4.78 is 17.9. The van der Waals surface area contributed by atoms with Gasteiger partial charge in [0, 0.05) is 5.92 Å². The summed E-state index contributed by atoms with van der Waals surface area (Å²) in [5.74, 6) is 1.72. The summed E-state index contributed by atoms with van der Waals surface area (Å²) in [4.78, 5) is 26.3. The van der Waals surface area contributed by atoms with Gasteiger partial charge >= 0.3 is 0 Å². The van der Waals surface area contributed by atoms with E-state index in [1.54, 1.807) is 24.3 Å². The topological polar surface area (TPSA) is 65.1 Å². The Labute approximate surface area is 275 Å². The van der Waals surface area contributed by atoms with Crippen molar-refractivity contribution in [2.45, 2.75) is 31.3 Å². The van der Waals surface area contributed by atoms with Gasteiger partial charge in [0.05, 0.1) is 30.9 Å². The van der Waals surface area contributed by atoms with Crippen LogP contribution in [0.3, 0.4) is 0 Å². The molecule has 1 aliphatic carbocycles. The predicted octanol–water partition coefficient (Wildman–Crippen LogP) is 7.82. The first kappa shape index (κ1) is 30.5. The van der Waals surface area contributed by atoms with E-state index in [9.17, 15) is 9.59 Å². The largest absolute Gasteiger partial charge is 0.491 e. The molecule has 2 aliphatic rings. The molecule has 1 heterocycles. The first-order valence-corrected chi connectivity index (χ1v) is 16.3. The average molecular weight is 624 g/mol. The molecule has 0 fully saturated rings. The number of benzene rings is 5. The fraction of sp³-hybridized carbons (Fsp3) is 0.220. The molecule has 1 aliphatic heterocycles. The van der Waals surface area contributed by atoms with Crippen LogP contribution in [-0.4, -0.2) is 43.1 Å². The van der Waals surface area contributed by atoms with Crippen molar-refractivity contribution in [3.8, 4) is 11.5 Å². The number of imide groups is 1. The Hall–Kier alpha value is -5.20.